The molecule has 0 fully saturated rings. The molecule has 242 valence electrons. The fraction of sp³-hybridized carbons (Fsp3) is 0.278. The van der Waals surface area contributed by atoms with Crippen molar-refractivity contribution in [1.82, 2.24) is 10.2 Å². The Labute approximate surface area is 271 Å². The minimum atomic E-state index is -4.25. The van der Waals surface area contributed by atoms with E-state index < -0.39 is 28.5 Å². The van der Waals surface area contributed by atoms with Crippen molar-refractivity contribution in [1.29, 1.82) is 0 Å². The first-order valence-corrected chi connectivity index (χ1v) is 16.6. The predicted molar refractivity (Wildman–Crippen MR) is 179 cm³/mol. The molecule has 0 aliphatic carbocycles. The second kappa shape index (κ2) is 15.9. The molecule has 46 heavy (non-hydrogen) atoms. The monoisotopic (exact) mass is 643 g/mol. The molecule has 0 aliphatic rings. The SMILES string of the molecule is CCOc1ccccc1N(CC(=O)N(Cc1cccc(OC)c1)[C@H](Cc1ccccc1)C(=O)NC(C)C)S(=O)(=O)c1ccccc1. The van der Waals surface area contributed by atoms with Gasteiger partial charge in [0.25, 0.3) is 10.0 Å². The summed E-state index contributed by atoms with van der Waals surface area (Å²) in [4.78, 5) is 29.9. The van der Waals surface area contributed by atoms with E-state index in [9.17, 15) is 18.0 Å². The molecule has 4 rings (SSSR count). The largest absolute Gasteiger partial charge is 0.497 e. The number of nitrogens with one attached hydrogen (secondary N) is 1. The fourth-order valence-electron chi connectivity index (χ4n) is 5.08. The number of amides is 2. The van der Waals surface area contributed by atoms with Crippen molar-refractivity contribution < 1.29 is 27.5 Å². The van der Waals surface area contributed by atoms with Crippen molar-refractivity contribution in [2.75, 3.05) is 24.6 Å². The molecule has 0 heterocycles. The first kappa shape index (κ1) is 34.1. The summed E-state index contributed by atoms with van der Waals surface area (Å²) in [7, 11) is -2.69. The van der Waals surface area contributed by atoms with Crippen molar-refractivity contribution >= 4 is 27.5 Å². The molecule has 9 nitrogen and oxygen atoms in total. The van der Waals surface area contributed by atoms with Crippen LogP contribution < -0.4 is 19.1 Å². The Morgan fingerprint density at radius 3 is 2.11 bits per heavy atom. The van der Waals surface area contributed by atoms with Crippen LogP contribution in [0.25, 0.3) is 0 Å². The summed E-state index contributed by atoms with van der Waals surface area (Å²) >= 11 is 0. The maximum Gasteiger partial charge on any atom is 0.264 e. The van der Waals surface area contributed by atoms with E-state index in [0.717, 1.165) is 15.4 Å². The Morgan fingerprint density at radius 2 is 1.46 bits per heavy atom. The standard InChI is InChI=1S/C36H41N3O6S/c1-5-45-34-22-13-12-21-32(34)39(46(42,43)31-19-10-7-11-20-31)26-35(40)38(25-29-17-14-18-30(23-29)44-4)33(36(41)37-27(2)3)24-28-15-8-6-9-16-28/h6-23,27,33H,5,24-26H2,1-4H3,(H,37,41)/t33-/m1/s1. The highest BCUT2D eigenvalue weighted by molar-refractivity contribution is 7.92. The molecule has 0 aromatic heterocycles. The number of carbonyl (C=O) groups is 2. The molecule has 0 saturated heterocycles. The summed E-state index contributed by atoms with van der Waals surface area (Å²) in [6, 6.07) is 30.2. The van der Waals surface area contributed by atoms with Gasteiger partial charge in [-0.05, 0) is 68.3 Å². The Morgan fingerprint density at radius 1 is 0.826 bits per heavy atom. The number of hydrogen-bond donors (Lipinski definition) is 1. The van der Waals surface area contributed by atoms with Crippen LogP contribution in [0.1, 0.15) is 31.9 Å². The van der Waals surface area contributed by atoms with Gasteiger partial charge in [0.05, 0.1) is 24.3 Å². The number of benzene rings is 4. The molecule has 10 heteroatoms. The average Bonchev–Trinajstić information content (AvgIpc) is 3.06. The van der Waals surface area contributed by atoms with Crippen molar-refractivity contribution in [3.8, 4) is 11.5 Å². The number of hydrogen-bond acceptors (Lipinski definition) is 6. The number of sulfonamides is 1. The first-order valence-electron chi connectivity index (χ1n) is 15.2. The highest BCUT2D eigenvalue weighted by atomic mass is 32.2. The summed E-state index contributed by atoms with van der Waals surface area (Å²) in [6.45, 7) is 5.25. The topological polar surface area (TPSA) is 105 Å². The third-order valence-electron chi connectivity index (χ3n) is 7.23. The smallest absolute Gasteiger partial charge is 0.264 e. The lowest BCUT2D eigenvalue weighted by molar-refractivity contribution is -0.140. The zero-order valence-electron chi connectivity index (χ0n) is 26.6. The van der Waals surface area contributed by atoms with E-state index in [1.165, 1.54) is 17.0 Å². The Bertz CT molecular complexity index is 1700. The van der Waals surface area contributed by atoms with Crippen molar-refractivity contribution in [2.45, 2.75) is 50.7 Å². The summed E-state index contributed by atoms with van der Waals surface area (Å²) in [5, 5.41) is 2.96. The number of ether oxygens (including phenoxy) is 2. The van der Waals surface area contributed by atoms with Crippen LogP contribution in [0, 0.1) is 0 Å². The maximum absolute atomic E-state index is 14.6. The van der Waals surface area contributed by atoms with Gasteiger partial charge in [0, 0.05) is 19.0 Å². The Hall–Kier alpha value is -4.83. The van der Waals surface area contributed by atoms with Gasteiger partial charge in [-0.25, -0.2) is 8.42 Å². The van der Waals surface area contributed by atoms with Gasteiger partial charge in [0.1, 0.15) is 24.1 Å². The van der Waals surface area contributed by atoms with Crippen LogP contribution in [0.15, 0.2) is 114 Å². The quantitative estimate of drug-likeness (QED) is 0.185. The van der Waals surface area contributed by atoms with Gasteiger partial charge >= 0.3 is 0 Å². The predicted octanol–water partition coefficient (Wildman–Crippen LogP) is 5.45. The highest BCUT2D eigenvalue weighted by Crippen LogP contribution is 2.33. The summed E-state index contributed by atoms with van der Waals surface area (Å²) in [5.74, 6) is 0.000786. The maximum atomic E-state index is 14.6. The molecule has 0 spiro atoms. The number of nitrogens with zero attached hydrogens (tertiary/aromatic N) is 2. The zero-order chi connectivity index (χ0) is 33.1. The number of anilines is 1. The third kappa shape index (κ3) is 8.66. The van der Waals surface area contributed by atoms with E-state index in [1.54, 1.807) is 68.6 Å². The normalized spacial score (nSPS) is 11.8. The molecule has 4 aromatic rings. The molecular formula is C36H41N3O6S. The number of methoxy groups -OCH3 is 1. The highest BCUT2D eigenvalue weighted by Gasteiger charge is 2.35. The zero-order valence-corrected chi connectivity index (χ0v) is 27.4. The van der Waals surface area contributed by atoms with Gasteiger partial charge in [-0.3, -0.25) is 13.9 Å². The van der Waals surface area contributed by atoms with Gasteiger partial charge in [0.15, 0.2) is 0 Å². The molecule has 0 saturated carbocycles. The molecule has 1 atom stereocenters. The average molecular weight is 644 g/mol. The molecular weight excluding hydrogens is 602 g/mol. The van der Waals surface area contributed by atoms with E-state index in [4.69, 9.17) is 9.47 Å². The second-order valence-corrected chi connectivity index (χ2v) is 12.8. The van der Waals surface area contributed by atoms with Crippen molar-refractivity contribution in [2.24, 2.45) is 0 Å². The van der Waals surface area contributed by atoms with Gasteiger partial charge in [-0.2, -0.15) is 0 Å². The van der Waals surface area contributed by atoms with E-state index in [0.29, 0.717) is 18.1 Å². The van der Waals surface area contributed by atoms with Crippen LogP contribution in [-0.2, 0) is 32.6 Å². The van der Waals surface area contributed by atoms with Gasteiger partial charge in [0.2, 0.25) is 11.8 Å². The lowest BCUT2D eigenvalue weighted by Gasteiger charge is -2.34. The fourth-order valence-corrected chi connectivity index (χ4v) is 6.52. The molecule has 4 aromatic carbocycles. The Kier molecular flexibility index (Phi) is 11.8. The van der Waals surface area contributed by atoms with E-state index in [2.05, 4.69) is 5.32 Å². The van der Waals surface area contributed by atoms with Gasteiger partial charge in [-0.1, -0.05) is 72.8 Å². The minimum Gasteiger partial charge on any atom is -0.497 e. The summed E-state index contributed by atoms with van der Waals surface area (Å²) < 4.78 is 40.8. The molecule has 0 bridgehead atoms. The van der Waals surface area contributed by atoms with Crippen LogP contribution in [-0.4, -0.2) is 57.5 Å². The summed E-state index contributed by atoms with van der Waals surface area (Å²) in [5.41, 5.74) is 1.79. The van der Waals surface area contributed by atoms with Crippen LogP contribution in [0.5, 0.6) is 11.5 Å². The first-order chi connectivity index (χ1) is 22.1. The molecule has 2 amide bonds. The third-order valence-corrected chi connectivity index (χ3v) is 9.01. The van der Waals surface area contributed by atoms with Crippen molar-refractivity contribution in [3.63, 3.8) is 0 Å². The van der Waals surface area contributed by atoms with Crippen LogP contribution in [0.4, 0.5) is 5.69 Å². The molecule has 0 radical (unpaired) electrons. The molecule has 1 N–H and O–H groups in total. The van der Waals surface area contributed by atoms with Gasteiger partial charge in [-0.15, -0.1) is 0 Å². The van der Waals surface area contributed by atoms with Crippen LogP contribution >= 0.6 is 0 Å². The lowest BCUT2D eigenvalue weighted by Crippen LogP contribution is -2.54. The van der Waals surface area contributed by atoms with E-state index >= 15 is 0 Å². The van der Waals surface area contributed by atoms with Crippen molar-refractivity contribution in [3.05, 3.63) is 120 Å². The second-order valence-electron chi connectivity index (χ2n) is 11.0. The van der Waals surface area contributed by atoms with E-state index in [-0.39, 0.29) is 35.5 Å². The van der Waals surface area contributed by atoms with Crippen LogP contribution in [0.2, 0.25) is 0 Å². The van der Waals surface area contributed by atoms with Gasteiger partial charge < -0.3 is 19.7 Å². The molecule has 0 unspecified atom stereocenters. The number of rotatable bonds is 15. The number of carbonyl (C=O) groups excluding carboxylic acids is 2. The minimum absolute atomic E-state index is 0.0202. The molecule has 0 aliphatic heterocycles. The number of para-hydroxylation sites is 2. The van der Waals surface area contributed by atoms with Crippen LogP contribution in [0.3, 0.4) is 0 Å². The Balaban J connectivity index is 1.84. The lowest BCUT2D eigenvalue weighted by atomic mass is 10.0. The summed E-state index contributed by atoms with van der Waals surface area (Å²) in [6.07, 6.45) is 0.218. The van der Waals surface area contributed by atoms with E-state index in [1.807, 2.05) is 56.3 Å².